The van der Waals surface area contributed by atoms with Gasteiger partial charge in [-0.2, -0.15) is 0 Å². The summed E-state index contributed by atoms with van der Waals surface area (Å²) in [5.74, 6) is 0. The first-order valence-corrected chi connectivity index (χ1v) is 5.85. The lowest BCUT2D eigenvalue weighted by Crippen LogP contribution is -1.90. The van der Waals surface area contributed by atoms with Gasteiger partial charge in [-0.1, -0.05) is 11.6 Å². The van der Waals surface area contributed by atoms with Gasteiger partial charge >= 0.3 is 0 Å². The third kappa shape index (κ3) is 3.85. The minimum absolute atomic E-state index is 0.119. The maximum absolute atomic E-state index is 5.12. The Morgan fingerprint density at radius 1 is 1.70 bits per heavy atom. The van der Waals surface area contributed by atoms with E-state index in [9.17, 15) is 0 Å². The van der Waals surface area contributed by atoms with E-state index in [0.29, 0.717) is 6.10 Å². The van der Waals surface area contributed by atoms with Crippen LogP contribution < -0.4 is 0 Å². The van der Waals surface area contributed by atoms with Gasteiger partial charge in [-0.3, -0.25) is 0 Å². The quantitative estimate of drug-likeness (QED) is 0.339. The summed E-state index contributed by atoms with van der Waals surface area (Å²) in [4.78, 5) is 0. The molecule has 1 aliphatic heterocycles. The molecule has 0 N–H and O–H groups in total. The van der Waals surface area contributed by atoms with Gasteiger partial charge in [0.1, 0.15) is 0 Å². The Hall–Kier alpha value is -0.0831. The highest BCUT2D eigenvalue weighted by Gasteiger charge is 2.20. The summed E-state index contributed by atoms with van der Waals surface area (Å²) in [6.07, 6.45) is 1.97. The minimum atomic E-state index is 0.119. The largest absolute Gasteiger partial charge is 0.373 e. The van der Waals surface area contributed by atoms with Crippen LogP contribution in [0.2, 0.25) is 6.04 Å². The van der Waals surface area contributed by atoms with Crippen molar-refractivity contribution in [3.05, 3.63) is 11.3 Å². The molecule has 0 bridgehead atoms. The van der Waals surface area contributed by atoms with Gasteiger partial charge in [-0.15, -0.1) is 5.70 Å². The van der Waals surface area contributed by atoms with E-state index in [0.717, 1.165) is 6.61 Å². The van der Waals surface area contributed by atoms with Crippen LogP contribution >= 0.6 is 0 Å². The molecule has 1 fully saturated rings. The van der Waals surface area contributed by atoms with E-state index in [1.54, 1.807) is 0 Å². The lowest BCUT2D eigenvalue weighted by Gasteiger charge is -1.91. The van der Waals surface area contributed by atoms with E-state index in [-0.39, 0.29) is 9.52 Å². The van der Waals surface area contributed by atoms with Crippen molar-refractivity contribution in [1.82, 2.24) is 0 Å². The number of epoxide rings is 1. The van der Waals surface area contributed by atoms with Crippen molar-refractivity contribution in [3.63, 3.8) is 0 Å². The van der Waals surface area contributed by atoms with Crippen molar-refractivity contribution in [2.45, 2.75) is 32.4 Å². The summed E-state index contributed by atoms with van der Waals surface area (Å²) in [5, 5.41) is 0. The molecule has 0 spiro atoms. The standard InChI is InChI=1S/C8H16OSi/c1-7(2)6-10-4-3-8-5-9-8/h6,8H,3-5,10H2,1-2H3. The summed E-state index contributed by atoms with van der Waals surface area (Å²) < 4.78 is 5.12. The number of hydrogen-bond acceptors (Lipinski definition) is 1. The topological polar surface area (TPSA) is 12.5 Å². The van der Waals surface area contributed by atoms with Gasteiger partial charge in [0.05, 0.1) is 12.7 Å². The Kier molecular flexibility index (Phi) is 3.16. The predicted molar refractivity (Wildman–Crippen MR) is 47.1 cm³/mol. The molecular formula is C8H16OSi. The van der Waals surface area contributed by atoms with Gasteiger partial charge in [0.2, 0.25) is 0 Å². The smallest absolute Gasteiger partial charge is 0.0807 e. The van der Waals surface area contributed by atoms with Crippen LogP contribution in [0.15, 0.2) is 11.3 Å². The van der Waals surface area contributed by atoms with Crippen molar-refractivity contribution in [1.29, 1.82) is 0 Å². The summed E-state index contributed by atoms with van der Waals surface area (Å²) in [6, 6.07) is 1.43. The molecule has 10 heavy (non-hydrogen) atoms. The molecule has 0 aliphatic carbocycles. The Bertz CT molecular complexity index is 123. The van der Waals surface area contributed by atoms with Crippen LogP contribution in [0.5, 0.6) is 0 Å². The molecule has 58 valence electrons. The molecule has 0 radical (unpaired) electrons. The molecule has 1 atom stereocenters. The zero-order chi connectivity index (χ0) is 7.40. The SMILES string of the molecule is CC(C)=C[SiH2]CCC1CO1. The second-order valence-corrected chi connectivity index (χ2v) is 4.86. The first-order chi connectivity index (χ1) is 4.79. The highest BCUT2D eigenvalue weighted by atomic mass is 28.2. The van der Waals surface area contributed by atoms with Crippen LogP contribution in [-0.2, 0) is 4.74 Å². The summed E-state index contributed by atoms with van der Waals surface area (Å²) in [7, 11) is 0.119. The van der Waals surface area contributed by atoms with Crippen LogP contribution in [0.1, 0.15) is 20.3 Å². The van der Waals surface area contributed by atoms with Gasteiger partial charge < -0.3 is 4.74 Å². The highest BCUT2D eigenvalue weighted by Crippen LogP contribution is 2.15. The molecule has 0 aromatic heterocycles. The molecule has 0 aromatic carbocycles. The van der Waals surface area contributed by atoms with Gasteiger partial charge in [0.15, 0.2) is 0 Å². The molecular weight excluding hydrogens is 140 g/mol. The van der Waals surface area contributed by atoms with Crippen LogP contribution in [-0.4, -0.2) is 22.2 Å². The van der Waals surface area contributed by atoms with E-state index >= 15 is 0 Å². The average Bonchev–Trinajstić information content (AvgIpc) is 2.62. The maximum Gasteiger partial charge on any atom is 0.0807 e. The molecule has 0 aromatic rings. The Labute approximate surface area is 65.3 Å². The highest BCUT2D eigenvalue weighted by molar-refractivity contribution is 6.42. The number of allylic oxidation sites excluding steroid dienone is 1. The van der Waals surface area contributed by atoms with Crippen molar-refractivity contribution < 1.29 is 4.74 Å². The number of rotatable bonds is 4. The number of ether oxygens (including phenoxy) is 1. The molecule has 1 nitrogen and oxygen atoms in total. The first kappa shape index (κ1) is 8.02. The van der Waals surface area contributed by atoms with E-state index < -0.39 is 0 Å². The molecule has 0 saturated carbocycles. The lowest BCUT2D eigenvalue weighted by molar-refractivity contribution is 0.403. The summed E-state index contributed by atoms with van der Waals surface area (Å²) in [6.45, 7) is 5.39. The third-order valence-corrected chi connectivity index (χ3v) is 3.61. The Balaban J connectivity index is 1.89. The second-order valence-electron chi connectivity index (χ2n) is 3.17. The van der Waals surface area contributed by atoms with E-state index in [4.69, 9.17) is 4.74 Å². The monoisotopic (exact) mass is 156 g/mol. The fourth-order valence-electron chi connectivity index (χ4n) is 0.971. The van der Waals surface area contributed by atoms with Crippen LogP contribution in [0, 0.1) is 0 Å². The molecule has 2 heteroatoms. The summed E-state index contributed by atoms with van der Waals surface area (Å²) in [5.41, 5.74) is 3.92. The van der Waals surface area contributed by atoms with Crippen LogP contribution in [0.25, 0.3) is 0 Å². The zero-order valence-electron chi connectivity index (χ0n) is 6.89. The van der Waals surface area contributed by atoms with Crippen LogP contribution in [0.4, 0.5) is 0 Å². The molecule has 1 saturated heterocycles. The predicted octanol–water partition coefficient (Wildman–Crippen LogP) is 1.29. The first-order valence-electron chi connectivity index (χ1n) is 4.04. The fourth-order valence-corrected chi connectivity index (χ4v) is 2.44. The van der Waals surface area contributed by atoms with E-state index in [2.05, 4.69) is 19.5 Å². The van der Waals surface area contributed by atoms with Crippen LogP contribution in [0.3, 0.4) is 0 Å². The van der Waals surface area contributed by atoms with Crippen molar-refractivity contribution >= 4 is 9.52 Å². The van der Waals surface area contributed by atoms with Gasteiger partial charge in [0.25, 0.3) is 0 Å². The second kappa shape index (κ2) is 3.94. The van der Waals surface area contributed by atoms with Crippen molar-refractivity contribution in [3.8, 4) is 0 Å². The van der Waals surface area contributed by atoms with Gasteiger partial charge in [0, 0.05) is 9.52 Å². The van der Waals surface area contributed by atoms with E-state index in [1.165, 1.54) is 18.0 Å². The average molecular weight is 156 g/mol. The Morgan fingerprint density at radius 3 is 2.90 bits per heavy atom. The molecule has 0 amide bonds. The molecule has 1 heterocycles. The molecule has 1 unspecified atom stereocenters. The maximum atomic E-state index is 5.12. The van der Waals surface area contributed by atoms with Gasteiger partial charge in [-0.05, 0) is 20.3 Å². The van der Waals surface area contributed by atoms with Crippen molar-refractivity contribution in [2.24, 2.45) is 0 Å². The minimum Gasteiger partial charge on any atom is -0.373 e. The Morgan fingerprint density at radius 2 is 2.40 bits per heavy atom. The van der Waals surface area contributed by atoms with Gasteiger partial charge in [-0.25, -0.2) is 0 Å². The fraction of sp³-hybridized carbons (Fsp3) is 0.750. The molecule has 1 aliphatic rings. The normalized spacial score (nSPS) is 23.6. The number of hydrogen-bond donors (Lipinski definition) is 0. The third-order valence-electron chi connectivity index (χ3n) is 1.69. The zero-order valence-corrected chi connectivity index (χ0v) is 8.31. The lowest BCUT2D eigenvalue weighted by atomic mass is 10.4. The van der Waals surface area contributed by atoms with E-state index in [1.807, 2.05) is 0 Å². The summed E-state index contributed by atoms with van der Waals surface area (Å²) >= 11 is 0. The van der Waals surface area contributed by atoms with Crippen molar-refractivity contribution in [2.75, 3.05) is 6.61 Å². The molecule has 1 rings (SSSR count).